The molecular formula is C22H26ClN5O3S2. The molecule has 0 bridgehead atoms. The zero-order valence-corrected chi connectivity index (χ0v) is 20.7. The molecule has 1 aliphatic heterocycles. The van der Waals surface area contributed by atoms with Crippen molar-refractivity contribution in [1.82, 2.24) is 23.6 Å². The number of nitrogens with zero attached hydrogens (tertiary/aromatic N) is 5. The zero-order chi connectivity index (χ0) is 23.4. The topological polar surface area (TPSA) is 72.6 Å². The van der Waals surface area contributed by atoms with Crippen molar-refractivity contribution in [2.75, 3.05) is 39.9 Å². The normalized spacial score (nSPS) is 15.7. The van der Waals surface area contributed by atoms with Crippen LogP contribution in [0.15, 0.2) is 59.5 Å². The molecule has 2 aromatic carbocycles. The summed E-state index contributed by atoms with van der Waals surface area (Å²) in [6.07, 6.45) is 0. The summed E-state index contributed by atoms with van der Waals surface area (Å²) in [4.78, 5) is 2.48. The highest BCUT2D eigenvalue weighted by Gasteiger charge is 2.28. The van der Waals surface area contributed by atoms with Crippen molar-refractivity contribution in [3.8, 4) is 11.4 Å². The molecule has 1 fully saturated rings. The Morgan fingerprint density at radius 3 is 2.33 bits per heavy atom. The summed E-state index contributed by atoms with van der Waals surface area (Å²) in [7, 11) is -1.83. The third-order valence-corrected chi connectivity index (χ3v) is 8.19. The summed E-state index contributed by atoms with van der Waals surface area (Å²) in [5, 5.41) is 5.43. The number of methoxy groups -OCH3 is 1. The molecule has 8 nitrogen and oxygen atoms in total. The second-order valence-electron chi connectivity index (χ2n) is 7.73. The van der Waals surface area contributed by atoms with Crippen molar-refractivity contribution in [2.24, 2.45) is 0 Å². The van der Waals surface area contributed by atoms with Crippen molar-refractivity contribution < 1.29 is 13.2 Å². The van der Waals surface area contributed by atoms with Gasteiger partial charge < -0.3 is 4.74 Å². The van der Waals surface area contributed by atoms with E-state index in [4.69, 9.17) is 33.7 Å². The van der Waals surface area contributed by atoms with Crippen LogP contribution < -0.4 is 0 Å². The Kier molecular flexibility index (Phi) is 7.62. The van der Waals surface area contributed by atoms with E-state index in [9.17, 15) is 8.42 Å². The molecule has 3 aromatic rings. The summed E-state index contributed by atoms with van der Waals surface area (Å²) in [6.45, 7) is 3.59. The van der Waals surface area contributed by atoms with Crippen LogP contribution in [-0.2, 0) is 28.0 Å². The molecule has 0 saturated carbocycles. The van der Waals surface area contributed by atoms with E-state index in [-0.39, 0.29) is 0 Å². The van der Waals surface area contributed by atoms with Gasteiger partial charge in [0.05, 0.1) is 24.7 Å². The van der Waals surface area contributed by atoms with Gasteiger partial charge in [-0.3, -0.25) is 9.47 Å². The lowest BCUT2D eigenvalue weighted by atomic mass is 10.2. The third kappa shape index (κ3) is 5.37. The highest BCUT2D eigenvalue weighted by molar-refractivity contribution is 7.89. The fraction of sp³-hybridized carbons (Fsp3) is 0.364. The van der Waals surface area contributed by atoms with Crippen molar-refractivity contribution in [1.29, 1.82) is 0 Å². The van der Waals surface area contributed by atoms with Gasteiger partial charge in [-0.25, -0.2) is 13.1 Å². The van der Waals surface area contributed by atoms with Gasteiger partial charge in [0.2, 0.25) is 10.0 Å². The van der Waals surface area contributed by atoms with Crippen LogP contribution in [0.4, 0.5) is 0 Å². The van der Waals surface area contributed by atoms with Crippen LogP contribution in [0.2, 0.25) is 5.02 Å². The molecular weight excluding hydrogens is 482 g/mol. The number of benzene rings is 2. The lowest BCUT2D eigenvalue weighted by molar-refractivity contribution is 0.144. The van der Waals surface area contributed by atoms with Crippen LogP contribution in [0.25, 0.3) is 11.4 Å². The van der Waals surface area contributed by atoms with Gasteiger partial charge in [-0.1, -0.05) is 29.8 Å². The molecule has 11 heteroatoms. The Bertz CT molecular complexity index is 1240. The minimum Gasteiger partial charge on any atom is -0.383 e. The van der Waals surface area contributed by atoms with E-state index in [1.165, 1.54) is 4.31 Å². The summed E-state index contributed by atoms with van der Waals surface area (Å²) < 4.78 is 36.9. The van der Waals surface area contributed by atoms with Crippen LogP contribution in [0, 0.1) is 4.77 Å². The Labute approximate surface area is 204 Å². The number of aromatic nitrogens is 3. The molecule has 0 N–H and O–H groups in total. The van der Waals surface area contributed by atoms with Gasteiger partial charge in [0.25, 0.3) is 0 Å². The standard InChI is InChI=1S/C22H26ClN5O3S2/c1-31-16-15-27-21(18-7-9-19(23)10-8-18)24-28(22(27)32)17-25-11-13-26(14-12-25)33(29,30)20-5-3-2-4-6-20/h2-10H,11-17H2,1H3. The first-order valence-corrected chi connectivity index (χ1v) is 12.8. The Hall–Kier alpha value is -2.08. The largest absolute Gasteiger partial charge is 0.383 e. The molecule has 0 unspecified atom stereocenters. The van der Waals surface area contributed by atoms with E-state index >= 15 is 0 Å². The van der Waals surface area contributed by atoms with E-state index in [1.54, 1.807) is 36.1 Å². The van der Waals surface area contributed by atoms with Gasteiger partial charge >= 0.3 is 0 Å². The number of piperazine rings is 1. The van der Waals surface area contributed by atoms with Crippen LogP contribution in [0.1, 0.15) is 0 Å². The summed E-state index contributed by atoms with van der Waals surface area (Å²) in [6, 6.07) is 16.0. The van der Waals surface area contributed by atoms with Crippen LogP contribution in [0.3, 0.4) is 0 Å². The molecule has 0 radical (unpaired) electrons. The maximum absolute atomic E-state index is 12.9. The Balaban J connectivity index is 1.49. The number of hydrogen-bond acceptors (Lipinski definition) is 6. The van der Waals surface area contributed by atoms with Crippen LogP contribution in [0.5, 0.6) is 0 Å². The maximum Gasteiger partial charge on any atom is 0.243 e. The predicted molar refractivity (Wildman–Crippen MR) is 130 cm³/mol. The van der Waals surface area contributed by atoms with Crippen LogP contribution in [-0.4, -0.2) is 71.9 Å². The van der Waals surface area contributed by atoms with E-state index in [0.717, 1.165) is 11.4 Å². The van der Waals surface area contributed by atoms with Crippen molar-refractivity contribution >= 4 is 33.8 Å². The van der Waals surface area contributed by atoms with Gasteiger partial charge in [-0.2, -0.15) is 9.40 Å². The molecule has 1 aromatic heterocycles. The van der Waals surface area contributed by atoms with Crippen molar-refractivity contribution in [2.45, 2.75) is 18.1 Å². The average molecular weight is 508 g/mol. The number of halogens is 1. The summed E-state index contributed by atoms with van der Waals surface area (Å²) in [5.41, 5.74) is 0.916. The molecule has 33 heavy (non-hydrogen) atoms. The van der Waals surface area contributed by atoms with Crippen molar-refractivity contribution in [3.63, 3.8) is 0 Å². The first-order valence-electron chi connectivity index (χ1n) is 10.6. The van der Waals surface area contributed by atoms with Gasteiger partial charge in [0, 0.05) is 43.9 Å². The third-order valence-electron chi connectivity index (χ3n) is 5.59. The average Bonchev–Trinajstić information content (AvgIpc) is 3.14. The molecule has 176 valence electrons. The van der Waals surface area contributed by atoms with Crippen molar-refractivity contribution in [3.05, 3.63) is 64.4 Å². The number of rotatable bonds is 8. The van der Waals surface area contributed by atoms with E-state index in [1.807, 2.05) is 34.9 Å². The molecule has 2 heterocycles. The number of hydrogen-bond donors (Lipinski definition) is 0. The highest BCUT2D eigenvalue weighted by atomic mass is 35.5. The molecule has 0 aliphatic carbocycles. The molecule has 0 amide bonds. The number of ether oxygens (including phenoxy) is 1. The zero-order valence-electron chi connectivity index (χ0n) is 18.3. The highest BCUT2D eigenvalue weighted by Crippen LogP contribution is 2.22. The van der Waals surface area contributed by atoms with Gasteiger partial charge in [-0.15, -0.1) is 0 Å². The lowest BCUT2D eigenvalue weighted by Crippen LogP contribution is -2.48. The van der Waals surface area contributed by atoms with Gasteiger partial charge in [-0.05, 0) is 48.6 Å². The first kappa shape index (κ1) is 24.1. The molecule has 1 saturated heterocycles. The van der Waals surface area contributed by atoms with Crippen LogP contribution >= 0.6 is 23.8 Å². The lowest BCUT2D eigenvalue weighted by Gasteiger charge is -2.33. The minimum atomic E-state index is -3.48. The van der Waals surface area contributed by atoms with E-state index < -0.39 is 10.0 Å². The monoisotopic (exact) mass is 507 g/mol. The SMILES string of the molecule is COCCn1c(-c2ccc(Cl)cc2)nn(CN2CCN(S(=O)(=O)c3ccccc3)CC2)c1=S. The molecule has 4 rings (SSSR count). The van der Waals surface area contributed by atoms with E-state index in [0.29, 0.717) is 60.7 Å². The quantitative estimate of drug-likeness (QED) is 0.435. The smallest absolute Gasteiger partial charge is 0.243 e. The molecule has 0 atom stereocenters. The first-order chi connectivity index (χ1) is 15.9. The summed E-state index contributed by atoms with van der Waals surface area (Å²) >= 11 is 11.8. The fourth-order valence-corrected chi connectivity index (χ4v) is 5.62. The van der Waals surface area contributed by atoms with E-state index in [2.05, 4.69) is 4.90 Å². The minimum absolute atomic E-state index is 0.324. The second kappa shape index (κ2) is 10.5. The molecule has 0 spiro atoms. The second-order valence-corrected chi connectivity index (χ2v) is 10.5. The molecule has 1 aliphatic rings. The maximum atomic E-state index is 12.9. The fourth-order valence-electron chi connectivity index (χ4n) is 3.77. The van der Waals surface area contributed by atoms with Gasteiger partial charge in [0.15, 0.2) is 10.6 Å². The Morgan fingerprint density at radius 2 is 1.70 bits per heavy atom. The summed E-state index contributed by atoms with van der Waals surface area (Å²) in [5.74, 6) is 0.749. The Morgan fingerprint density at radius 1 is 1.03 bits per heavy atom. The van der Waals surface area contributed by atoms with Gasteiger partial charge in [0.1, 0.15) is 0 Å². The number of sulfonamides is 1. The predicted octanol–water partition coefficient (Wildman–Crippen LogP) is 3.34.